The maximum Gasteiger partial charge on any atom is 0.352 e. The summed E-state index contributed by atoms with van der Waals surface area (Å²) in [5, 5.41) is 3.43. The lowest BCUT2D eigenvalue weighted by Crippen LogP contribution is -2.26. The number of ether oxygens (including phenoxy) is 3. The van der Waals surface area contributed by atoms with Crippen molar-refractivity contribution in [2.24, 2.45) is 0 Å². The summed E-state index contributed by atoms with van der Waals surface area (Å²) in [6.07, 6.45) is 5.85. The summed E-state index contributed by atoms with van der Waals surface area (Å²) in [5.41, 5.74) is 2.48. The van der Waals surface area contributed by atoms with Crippen molar-refractivity contribution in [2.45, 2.75) is 39.4 Å². The van der Waals surface area contributed by atoms with Crippen LogP contribution in [0.25, 0.3) is 12.2 Å². The van der Waals surface area contributed by atoms with Crippen molar-refractivity contribution in [3.05, 3.63) is 53.1 Å². The summed E-state index contributed by atoms with van der Waals surface area (Å²) < 4.78 is 42.0. The van der Waals surface area contributed by atoms with E-state index in [2.05, 4.69) is 12.2 Å². The topological polar surface area (TPSA) is 75.2 Å². The van der Waals surface area contributed by atoms with Gasteiger partial charge in [0.2, 0.25) is 0 Å². The van der Waals surface area contributed by atoms with Gasteiger partial charge in [-0.3, -0.25) is 9.88 Å². The Bertz CT molecular complexity index is 951. The van der Waals surface area contributed by atoms with E-state index in [9.17, 15) is 4.57 Å². The quantitative estimate of drug-likeness (QED) is 0.172. The minimum Gasteiger partial charge on any atom is -0.497 e. The Morgan fingerprint density at radius 2 is 1.53 bits per heavy atom. The molecule has 0 spiro atoms. The SMILES string of the molecule is CCCCNC(c1c(/C=C/c2ccc(OC)cc2)cc(OC)cc1OC)P(=O)(OCC)OCC. The van der Waals surface area contributed by atoms with Crippen LogP contribution in [0.4, 0.5) is 0 Å². The number of unbranched alkanes of at least 4 members (excludes halogenated alkanes) is 1. The van der Waals surface area contributed by atoms with Gasteiger partial charge in [-0.05, 0) is 56.1 Å². The number of hydrogen-bond acceptors (Lipinski definition) is 7. The van der Waals surface area contributed by atoms with Crippen LogP contribution in [0.3, 0.4) is 0 Å². The third-order valence-corrected chi connectivity index (χ3v) is 7.56. The molecule has 0 bridgehead atoms. The van der Waals surface area contributed by atoms with Gasteiger partial charge in [-0.25, -0.2) is 0 Å². The van der Waals surface area contributed by atoms with Gasteiger partial charge in [0.1, 0.15) is 23.0 Å². The Morgan fingerprint density at radius 1 is 0.882 bits per heavy atom. The average Bonchev–Trinajstić information content (AvgIpc) is 2.85. The Labute approximate surface area is 203 Å². The lowest BCUT2D eigenvalue weighted by Gasteiger charge is -2.30. The fraction of sp³-hybridized carbons (Fsp3) is 0.462. The maximum atomic E-state index is 14.0. The zero-order valence-electron chi connectivity index (χ0n) is 21.1. The van der Waals surface area contributed by atoms with Gasteiger partial charge >= 0.3 is 7.60 Å². The predicted molar refractivity (Wildman–Crippen MR) is 138 cm³/mol. The minimum absolute atomic E-state index is 0.263. The van der Waals surface area contributed by atoms with Crippen LogP contribution in [0.5, 0.6) is 17.2 Å². The Kier molecular flexibility index (Phi) is 11.6. The van der Waals surface area contributed by atoms with Gasteiger partial charge in [0, 0.05) is 11.6 Å². The molecule has 1 atom stereocenters. The van der Waals surface area contributed by atoms with Crippen LogP contribution in [0, 0.1) is 0 Å². The van der Waals surface area contributed by atoms with E-state index < -0.39 is 13.4 Å². The Balaban J connectivity index is 2.66. The van der Waals surface area contributed by atoms with Crippen LogP contribution in [-0.2, 0) is 13.6 Å². The summed E-state index contributed by atoms with van der Waals surface area (Å²) in [4.78, 5) is 0. The molecule has 0 amide bonds. The molecule has 0 radical (unpaired) electrons. The highest BCUT2D eigenvalue weighted by Gasteiger charge is 2.39. The van der Waals surface area contributed by atoms with Gasteiger partial charge in [0.05, 0.1) is 34.5 Å². The highest BCUT2D eigenvalue weighted by molar-refractivity contribution is 7.54. The largest absolute Gasteiger partial charge is 0.497 e. The van der Waals surface area contributed by atoms with Crippen LogP contribution >= 0.6 is 7.60 Å². The fourth-order valence-electron chi connectivity index (χ4n) is 3.57. The van der Waals surface area contributed by atoms with E-state index in [1.54, 1.807) is 27.4 Å². The molecule has 0 fully saturated rings. The van der Waals surface area contributed by atoms with Gasteiger partial charge in [-0.1, -0.05) is 37.6 Å². The van der Waals surface area contributed by atoms with Crippen molar-refractivity contribution in [1.29, 1.82) is 0 Å². The molecule has 0 heterocycles. The number of methoxy groups -OCH3 is 3. The molecular weight excluding hydrogens is 453 g/mol. The molecule has 0 saturated carbocycles. The van der Waals surface area contributed by atoms with Crippen LogP contribution in [-0.4, -0.2) is 41.1 Å². The molecule has 0 aliphatic heterocycles. The second-order valence-corrected chi connectivity index (χ2v) is 9.64. The first kappa shape index (κ1) is 27.9. The summed E-state index contributed by atoms with van der Waals surface area (Å²) in [7, 11) is 1.26. The van der Waals surface area contributed by atoms with Gasteiger partial charge < -0.3 is 23.3 Å². The van der Waals surface area contributed by atoms with Crippen molar-refractivity contribution >= 4 is 19.7 Å². The van der Waals surface area contributed by atoms with E-state index >= 15 is 0 Å². The lowest BCUT2D eigenvalue weighted by atomic mass is 10.0. The van der Waals surface area contributed by atoms with Crippen LogP contribution < -0.4 is 19.5 Å². The van der Waals surface area contributed by atoms with Crippen molar-refractivity contribution in [3.8, 4) is 17.2 Å². The van der Waals surface area contributed by atoms with E-state index in [-0.39, 0.29) is 13.2 Å². The molecule has 2 aromatic rings. The second-order valence-electron chi connectivity index (χ2n) is 7.52. The molecule has 7 nitrogen and oxygen atoms in total. The zero-order chi connectivity index (χ0) is 25.0. The van der Waals surface area contributed by atoms with Crippen LogP contribution in [0.15, 0.2) is 36.4 Å². The lowest BCUT2D eigenvalue weighted by molar-refractivity contribution is 0.206. The molecule has 1 unspecified atom stereocenters. The van der Waals surface area contributed by atoms with E-state index in [0.717, 1.165) is 29.7 Å². The van der Waals surface area contributed by atoms with Gasteiger partial charge in [0.15, 0.2) is 0 Å². The number of benzene rings is 2. The van der Waals surface area contributed by atoms with Gasteiger partial charge in [-0.2, -0.15) is 0 Å². The summed E-state index contributed by atoms with van der Waals surface area (Å²) in [6.45, 7) is 6.91. The average molecular weight is 492 g/mol. The second kappa shape index (κ2) is 14.2. The fourth-order valence-corrected chi connectivity index (χ4v) is 5.61. The highest BCUT2D eigenvalue weighted by Crippen LogP contribution is 2.61. The Morgan fingerprint density at radius 3 is 2.06 bits per heavy atom. The molecule has 2 aromatic carbocycles. The van der Waals surface area contributed by atoms with Crippen molar-refractivity contribution in [3.63, 3.8) is 0 Å². The predicted octanol–water partition coefficient (Wildman–Crippen LogP) is 6.54. The third-order valence-electron chi connectivity index (χ3n) is 5.25. The molecule has 0 aromatic heterocycles. The third kappa shape index (κ3) is 7.34. The first-order valence-corrected chi connectivity index (χ1v) is 13.3. The standard InChI is InChI=1S/C26H38NO6P/c1-7-10-17-27-26(34(28,32-8-2)33-9-3)25-21(18-23(30-5)19-24(25)31-6)14-11-20-12-15-22(29-4)16-13-20/h11-16,18-19,26-27H,7-10,17H2,1-6H3/b14-11+. The van der Waals surface area contributed by atoms with Gasteiger partial charge in [-0.15, -0.1) is 0 Å². The highest BCUT2D eigenvalue weighted by atomic mass is 31.2. The molecule has 188 valence electrons. The molecule has 34 heavy (non-hydrogen) atoms. The smallest absolute Gasteiger partial charge is 0.352 e. The summed E-state index contributed by atoms with van der Waals surface area (Å²) >= 11 is 0. The van der Waals surface area contributed by atoms with Gasteiger partial charge in [0.25, 0.3) is 0 Å². The first-order chi connectivity index (χ1) is 16.5. The Hall–Kier alpha value is -2.31. The van der Waals surface area contributed by atoms with Crippen LogP contribution in [0.1, 0.15) is 56.1 Å². The summed E-state index contributed by atoms with van der Waals surface area (Å²) in [5.74, 6) is 1.25. The van der Waals surface area contributed by atoms with E-state index in [1.165, 1.54) is 0 Å². The van der Waals surface area contributed by atoms with Crippen molar-refractivity contribution in [1.82, 2.24) is 5.32 Å². The monoisotopic (exact) mass is 491 g/mol. The molecule has 8 heteroatoms. The first-order valence-electron chi connectivity index (χ1n) is 11.7. The van der Waals surface area contributed by atoms with E-state index in [0.29, 0.717) is 23.6 Å². The normalized spacial score (nSPS) is 12.6. The summed E-state index contributed by atoms with van der Waals surface area (Å²) in [6, 6.07) is 11.4. The molecule has 1 N–H and O–H groups in total. The number of hydrogen-bond donors (Lipinski definition) is 1. The zero-order valence-corrected chi connectivity index (χ0v) is 22.0. The molecule has 2 rings (SSSR count). The molecular formula is C26H38NO6P. The molecule has 0 aliphatic rings. The maximum absolute atomic E-state index is 14.0. The van der Waals surface area contributed by atoms with E-state index in [1.807, 2.05) is 56.3 Å². The molecule has 0 saturated heterocycles. The van der Waals surface area contributed by atoms with Crippen LogP contribution in [0.2, 0.25) is 0 Å². The van der Waals surface area contributed by atoms with Crippen molar-refractivity contribution < 1.29 is 27.8 Å². The van der Waals surface area contributed by atoms with E-state index in [4.69, 9.17) is 23.3 Å². The minimum atomic E-state index is -3.57. The number of nitrogens with one attached hydrogen (secondary N) is 1. The van der Waals surface area contributed by atoms with Crippen molar-refractivity contribution in [2.75, 3.05) is 41.1 Å². The molecule has 0 aliphatic carbocycles. The number of rotatable bonds is 15.